The third kappa shape index (κ3) is 3.96. The molecule has 6 nitrogen and oxygen atoms in total. The lowest BCUT2D eigenvalue weighted by molar-refractivity contribution is -0.120. The second-order valence-corrected chi connectivity index (χ2v) is 5.65. The highest BCUT2D eigenvalue weighted by molar-refractivity contribution is 7.99. The Bertz CT molecular complexity index is 479. The van der Waals surface area contributed by atoms with Crippen molar-refractivity contribution in [2.45, 2.75) is 44.9 Å². The van der Waals surface area contributed by atoms with Crippen LogP contribution in [0.2, 0.25) is 0 Å². The van der Waals surface area contributed by atoms with E-state index < -0.39 is 5.54 Å². The second kappa shape index (κ2) is 6.57. The van der Waals surface area contributed by atoms with E-state index in [1.54, 1.807) is 13.3 Å². The molecule has 104 valence electrons. The highest BCUT2D eigenvalue weighted by Crippen LogP contribution is 2.17. The Labute approximate surface area is 117 Å². The summed E-state index contributed by atoms with van der Waals surface area (Å²) >= 11 is 1.32. The van der Waals surface area contributed by atoms with Gasteiger partial charge in [-0.15, -0.1) is 10.2 Å². The molecule has 1 aromatic rings. The normalized spacial score (nSPS) is 13.9. The molecule has 7 heteroatoms. The van der Waals surface area contributed by atoms with Gasteiger partial charge in [-0.3, -0.25) is 4.79 Å². The third-order valence-electron chi connectivity index (χ3n) is 3.04. The van der Waals surface area contributed by atoms with Crippen LogP contribution in [0.3, 0.4) is 0 Å². The molecule has 0 aliphatic rings. The number of hydrogen-bond acceptors (Lipinski definition) is 5. The molecule has 0 saturated carbocycles. The van der Waals surface area contributed by atoms with Crippen molar-refractivity contribution in [1.29, 1.82) is 5.26 Å². The molecule has 1 atom stereocenters. The molecule has 0 spiro atoms. The SMILES string of the molecule is CCn1cnnc1SCC(=O)N[C@@](C)(C#N)C(C)C. The van der Waals surface area contributed by atoms with Crippen molar-refractivity contribution in [2.75, 3.05) is 5.75 Å². The van der Waals surface area contributed by atoms with Gasteiger partial charge in [0.05, 0.1) is 11.8 Å². The number of nitrogens with zero attached hydrogens (tertiary/aromatic N) is 4. The van der Waals surface area contributed by atoms with Gasteiger partial charge >= 0.3 is 0 Å². The summed E-state index contributed by atoms with van der Waals surface area (Å²) in [6.45, 7) is 8.29. The van der Waals surface area contributed by atoms with E-state index in [-0.39, 0.29) is 17.6 Å². The molecule has 0 fully saturated rings. The fourth-order valence-electron chi connectivity index (χ4n) is 1.33. The van der Waals surface area contributed by atoms with Crippen LogP contribution in [-0.2, 0) is 11.3 Å². The summed E-state index contributed by atoms with van der Waals surface area (Å²) in [5, 5.41) is 20.4. The molecule has 0 aromatic carbocycles. The van der Waals surface area contributed by atoms with Crippen molar-refractivity contribution in [3.63, 3.8) is 0 Å². The zero-order valence-electron chi connectivity index (χ0n) is 11.7. The van der Waals surface area contributed by atoms with E-state index in [2.05, 4.69) is 21.6 Å². The van der Waals surface area contributed by atoms with E-state index >= 15 is 0 Å². The van der Waals surface area contributed by atoms with Crippen molar-refractivity contribution in [1.82, 2.24) is 20.1 Å². The lowest BCUT2D eigenvalue weighted by atomic mass is 9.90. The number of nitrogens with one attached hydrogen (secondary N) is 1. The molecule has 1 aromatic heterocycles. The van der Waals surface area contributed by atoms with E-state index in [1.165, 1.54) is 11.8 Å². The summed E-state index contributed by atoms with van der Waals surface area (Å²) in [6, 6.07) is 2.15. The van der Waals surface area contributed by atoms with Crippen LogP contribution in [0.1, 0.15) is 27.7 Å². The molecular formula is C12H19N5OS. The minimum Gasteiger partial charge on any atom is -0.337 e. The van der Waals surface area contributed by atoms with Crippen LogP contribution in [0.4, 0.5) is 0 Å². The molecule has 0 aliphatic carbocycles. The molecule has 0 radical (unpaired) electrons. The summed E-state index contributed by atoms with van der Waals surface area (Å²) in [5.41, 5.74) is -0.837. The first-order valence-corrected chi connectivity index (χ1v) is 7.14. The van der Waals surface area contributed by atoms with Crippen LogP contribution in [0.15, 0.2) is 11.5 Å². The fraction of sp³-hybridized carbons (Fsp3) is 0.667. The summed E-state index contributed by atoms with van der Waals surface area (Å²) in [4.78, 5) is 11.9. The average molecular weight is 281 g/mol. The minimum absolute atomic E-state index is 0.0470. The van der Waals surface area contributed by atoms with Crippen molar-refractivity contribution in [3.05, 3.63) is 6.33 Å². The Hall–Kier alpha value is -1.55. The monoisotopic (exact) mass is 281 g/mol. The quantitative estimate of drug-likeness (QED) is 0.798. The van der Waals surface area contributed by atoms with E-state index in [0.717, 1.165) is 6.54 Å². The summed E-state index contributed by atoms with van der Waals surface area (Å²) in [7, 11) is 0. The molecule has 0 bridgehead atoms. The molecule has 1 heterocycles. The Morgan fingerprint density at radius 1 is 1.68 bits per heavy atom. The van der Waals surface area contributed by atoms with Gasteiger partial charge in [0.25, 0.3) is 0 Å². The third-order valence-corrected chi connectivity index (χ3v) is 4.02. The second-order valence-electron chi connectivity index (χ2n) is 4.71. The largest absolute Gasteiger partial charge is 0.337 e. The first kappa shape index (κ1) is 15.5. The summed E-state index contributed by atoms with van der Waals surface area (Å²) in [6.07, 6.45) is 1.63. The highest BCUT2D eigenvalue weighted by atomic mass is 32.2. The van der Waals surface area contributed by atoms with Crippen molar-refractivity contribution in [3.8, 4) is 6.07 Å². The number of thioether (sulfide) groups is 1. The Morgan fingerprint density at radius 2 is 2.37 bits per heavy atom. The minimum atomic E-state index is -0.837. The van der Waals surface area contributed by atoms with Gasteiger partial charge in [0, 0.05) is 6.54 Å². The smallest absolute Gasteiger partial charge is 0.231 e. The summed E-state index contributed by atoms with van der Waals surface area (Å²) in [5.74, 6) is 0.0991. The Kier molecular flexibility index (Phi) is 5.36. The van der Waals surface area contributed by atoms with Crippen molar-refractivity contribution in [2.24, 2.45) is 5.92 Å². The van der Waals surface area contributed by atoms with Crippen LogP contribution in [0.25, 0.3) is 0 Å². The number of nitriles is 1. The number of carbonyl (C=O) groups excluding carboxylic acids is 1. The lowest BCUT2D eigenvalue weighted by Gasteiger charge is -2.27. The standard InChI is InChI=1S/C12H19N5OS/c1-5-17-8-14-16-11(17)19-6-10(18)15-12(4,7-13)9(2)3/h8-9H,5-6H2,1-4H3,(H,15,18)/t12-/m0/s1. The Morgan fingerprint density at radius 3 is 2.89 bits per heavy atom. The van der Waals surface area contributed by atoms with Crippen molar-refractivity contribution >= 4 is 17.7 Å². The number of aryl methyl sites for hydroxylation is 1. The molecule has 0 aliphatic heterocycles. The van der Waals surface area contributed by atoms with Gasteiger partial charge in [-0.2, -0.15) is 5.26 Å². The van der Waals surface area contributed by atoms with Crippen LogP contribution >= 0.6 is 11.8 Å². The maximum absolute atomic E-state index is 11.9. The predicted molar refractivity (Wildman–Crippen MR) is 73.4 cm³/mol. The highest BCUT2D eigenvalue weighted by Gasteiger charge is 2.29. The van der Waals surface area contributed by atoms with Gasteiger partial charge in [0.1, 0.15) is 11.9 Å². The zero-order chi connectivity index (χ0) is 14.5. The van der Waals surface area contributed by atoms with Gasteiger partial charge in [-0.05, 0) is 19.8 Å². The summed E-state index contributed by atoms with van der Waals surface area (Å²) < 4.78 is 1.86. The van der Waals surface area contributed by atoms with Crippen LogP contribution < -0.4 is 5.32 Å². The van der Waals surface area contributed by atoms with E-state index in [9.17, 15) is 4.79 Å². The van der Waals surface area contributed by atoms with Gasteiger partial charge in [-0.1, -0.05) is 25.6 Å². The number of carbonyl (C=O) groups is 1. The number of hydrogen-bond donors (Lipinski definition) is 1. The Balaban J connectivity index is 2.55. The van der Waals surface area contributed by atoms with Crippen LogP contribution in [-0.4, -0.2) is 32.0 Å². The molecule has 19 heavy (non-hydrogen) atoms. The topological polar surface area (TPSA) is 83.6 Å². The maximum Gasteiger partial charge on any atom is 0.231 e. The number of aromatic nitrogens is 3. The molecule has 1 amide bonds. The van der Waals surface area contributed by atoms with E-state index in [4.69, 9.17) is 5.26 Å². The van der Waals surface area contributed by atoms with Crippen molar-refractivity contribution < 1.29 is 4.79 Å². The number of amides is 1. The molecule has 1 rings (SSSR count). The van der Waals surface area contributed by atoms with Crippen LogP contribution in [0, 0.1) is 17.2 Å². The first-order chi connectivity index (χ1) is 8.92. The first-order valence-electron chi connectivity index (χ1n) is 6.15. The fourth-order valence-corrected chi connectivity index (χ4v) is 2.11. The molecular weight excluding hydrogens is 262 g/mol. The molecule has 1 N–H and O–H groups in total. The maximum atomic E-state index is 11.9. The van der Waals surface area contributed by atoms with Gasteiger partial charge in [-0.25, -0.2) is 0 Å². The van der Waals surface area contributed by atoms with E-state index in [1.807, 2.05) is 25.3 Å². The molecule has 0 saturated heterocycles. The zero-order valence-corrected chi connectivity index (χ0v) is 12.5. The number of rotatable bonds is 6. The predicted octanol–water partition coefficient (Wildman–Crippen LogP) is 1.44. The lowest BCUT2D eigenvalue weighted by Crippen LogP contribution is -2.49. The average Bonchev–Trinajstić information content (AvgIpc) is 2.83. The van der Waals surface area contributed by atoms with E-state index in [0.29, 0.717) is 5.16 Å². The van der Waals surface area contributed by atoms with Crippen LogP contribution in [0.5, 0.6) is 0 Å². The molecule has 0 unspecified atom stereocenters. The van der Waals surface area contributed by atoms with Gasteiger partial charge < -0.3 is 9.88 Å². The van der Waals surface area contributed by atoms with Gasteiger partial charge in [0.2, 0.25) is 5.91 Å². The van der Waals surface area contributed by atoms with Gasteiger partial charge in [0.15, 0.2) is 5.16 Å².